The monoisotopic (exact) mass is 375 g/mol. The van der Waals surface area contributed by atoms with Crippen LogP contribution in [-0.2, 0) is 11.2 Å². The molecule has 4 heterocycles. The van der Waals surface area contributed by atoms with Crippen LogP contribution in [0.15, 0.2) is 49.1 Å². The van der Waals surface area contributed by atoms with Crippen LogP contribution >= 0.6 is 0 Å². The quantitative estimate of drug-likeness (QED) is 0.695. The first kappa shape index (κ1) is 16.9. The van der Waals surface area contributed by atoms with Crippen LogP contribution in [0.1, 0.15) is 18.4 Å². The maximum Gasteiger partial charge on any atom is 0.231 e. The third-order valence-electron chi connectivity index (χ3n) is 5.54. The number of piperidine rings is 1. The average molecular weight is 375 g/mol. The van der Waals surface area contributed by atoms with E-state index in [4.69, 9.17) is 0 Å². The summed E-state index contributed by atoms with van der Waals surface area (Å²) in [6.07, 6.45) is 5.88. The highest BCUT2D eigenvalue weighted by molar-refractivity contribution is 5.97. The molecule has 0 saturated carbocycles. The molecular formula is C20H21N7O. The van der Waals surface area contributed by atoms with Crippen LogP contribution in [-0.4, -0.2) is 50.5 Å². The number of amides is 1. The summed E-state index contributed by atoms with van der Waals surface area (Å²) in [6, 6.07) is 12.0. The molecule has 8 nitrogen and oxygen atoms in total. The van der Waals surface area contributed by atoms with Crippen LogP contribution < -0.4 is 9.80 Å². The summed E-state index contributed by atoms with van der Waals surface area (Å²) in [7, 11) is 0. The molecule has 2 aliphatic heterocycles. The SMILES string of the molecule is O=C(C1CCCN(c2ccc(-n3cncn3)nn2)C1)N1CCc2ccccc21. The number of rotatable bonds is 3. The fraction of sp³-hybridized carbons (Fsp3) is 0.350. The Labute approximate surface area is 162 Å². The lowest BCUT2D eigenvalue weighted by Gasteiger charge is -2.34. The van der Waals surface area contributed by atoms with Gasteiger partial charge >= 0.3 is 0 Å². The minimum Gasteiger partial charge on any atom is -0.354 e. The maximum atomic E-state index is 13.2. The van der Waals surface area contributed by atoms with Gasteiger partial charge in [0.25, 0.3) is 0 Å². The van der Waals surface area contributed by atoms with E-state index in [1.54, 1.807) is 11.0 Å². The van der Waals surface area contributed by atoms with Gasteiger partial charge in [0.1, 0.15) is 12.7 Å². The largest absolute Gasteiger partial charge is 0.354 e. The van der Waals surface area contributed by atoms with Crippen molar-refractivity contribution in [1.29, 1.82) is 0 Å². The summed E-state index contributed by atoms with van der Waals surface area (Å²) in [5.74, 6) is 1.63. The van der Waals surface area contributed by atoms with Crippen molar-refractivity contribution in [3.05, 3.63) is 54.6 Å². The van der Waals surface area contributed by atoms with Gasteiger partial charge in [-0.2, -0.15) is 5.10 Å². The van der Waals surface area contributed by atoms with Crippen molar-refractivity contribution in [2.24, 2.45) is 5.92 Å². The number of aromatic nitrogens is 5. The Balaban J connectivity index is 1.31. The molecule has 1 atom stereocenters. The number of hydrogen-bond acceptors (Lipinski definition) is 6. The number of carbonyl (C=O) groups is 1. The summed E-state index contributed by atoms with van der Waals surface area (Å²) in [5.41, 5.74) is 2.33. The highest BCUT2D eigenvalue weighted by Gasteiger charge is 2.33. The predicted octanol–water partition coefficient (Wildman–Crippen LogP) is 1.86. The molecule has 8 heteroatoms. The predicted molar refractivity (Wildman–Crippen MR) is 104 cm³/mol. The van der Waals surface area contributed by atoms with E-state index in [0.717, 1.165) is 43.9 Å². The number of hydrogen-bond donors (Lipinski definition) is 0. The van der Waals surface area contributed by atoms with Crippen molar-refractivity contribution in [1.82, 2.24) is 25.0 Å². The second kappa shape index (κ2) is 7.03. The number of benzene rings is 1. The van der Waals surface area contributed by atoms with Crippen molar-refractivity contribution in [2.75, 3.05) is 29.4 Å². The third-order valence-corrected chi connectivity index (χ3v) is 5.54. The van der Waals surface area contributed by atoms with E-state index in [2.05, 4.69) is 37.3 Å². The third kappa shape index (κ3) is 3.00. The van der Waals surface area contributed by atoms with Crippen molar-refractivity contribution in [3.8, 4) is 5.82 Å². The zero-order valence-electron chi connectivity index (χ0n) is 15.5. The molecule has 28 heavy (non-hydrogen) atoms. The van der Waals surface area contributed by atoms with Gasteiger partial charge < -0.3 is 9.80 Å². The fourth-order valence-electron chi connectivity index (χ4n) is 4.11. The first-order valence-corrected chi connectivity index (χ1v) is 9.62. The number of anilines is 2. The maximum absolute atomic E-state index is 13.2. The average Bonchev–Trinajstić information content (AvgIpc) is 3.44. The van der Waals surface area contributed by atoms with E-state index in [0.29, 0.717) is 12.4 Å². The van der Waals surface area contributed by atoms with Gasteiger partial charge in [-0.25, -0.2) is 9.67 Å². The Bertz CT molecular complexity index is 970. The van der Waals surface area contributed by atoms with Crippen molar-refractivity contribution in [3.63, 3.8) is 0 Å². The smallest absolute Gasteiger partial charge is 0.231 e. The molecule has 142 valence electrons. The Kier molecular flexibility index (Phi) is 4.23. The molecule has 1 amide bonds. The van der Waals surface area contributed by atoms with Crippen molar-refractivity contribution in [2.45, 2.75) is 19.3 Å². The Morgan fingerprint density at radius 2 is 1.89 bits per heavy atom. The fourth-order valence-corrected chi connectivity index (χ4v) is 4.11. The van der Waals surface area contributed by atoms with Crippen molar-refractivity contribution >= 4 is 17.4 Å². The normalized spacial score (nSPS) is 18.9. The molecule has 3 aromatic rings. The molecular weight excluding hydrogens is 354 g/mol. The first-order valence-electron chi connectivity index (χ1n) is 9.62. The van der Waals surface area contributed by atoms with Crippen LogP contribution in [0.3, 0.4) is 0 Å². The number of carbonyl (C=O) groups excluding carboxylic acids is 1. The lowest BCUT2D eigenvalue weighted by molar-refractivity contribution is -0.122. The van der Waals surface area contributed by atoms with Crippen molar-refractivity contribution < 1.29 is 4.79 Å². The van der Waals surface area contributed by atoms with Gasteiger partial charge in [-0.05, 0) is 43.0 Å². The molecule has 1 fully saturated rings. The summed E-state index contributed by atoms with van der Waals surface area (Å²) >= 11 is 0. The standard InChI is InChI=1S/C20H21N7O/c28-20(26-11-9-15-4-1-2-6-17(15)26)16-5-3-10-25(12-16)18-7-8-19(24-23-18)27-14-21-13-22-27/h1-2,4,6-8,13-14,16H,3,5,9-12H2. The van der Waals surface area contributed by atoms with Gasteiger partial charge in [0.2, 0.25) is 5.91 Å². The van der Waals surface area contributed by atoms with Crippen LogP contribution in [0.4, 0.5) is 11.5 Å². The molecule has 2 aromatic heterocycles. The Hall–Kier alpha value is -3.29. The zero-order valence-corrected chi connectivity index (χ0v) is 15.5. The van der Waals surface area contributed by atoms with E-state index < -0.39 is 0 Å². The van der Waals surface area contributed by atoms with Gasteiger partial charge in [-0.3, -0.25) is 4.79 Å². The second-order valence-electron chi connectivity index (χ2n) is 7.24. The summed E-state index contributed by atoms with van der Waals surface area (Å²) in [4.78, 5) is 21.2. The van der Waals surface area contributed by atoms with Gasteiger partial charge in [-0.15, -0.1) is 10.2 Å². The molecule has 0 spiro atoms. The van der Waals surface area contributed by atoms with E-state index in [1.807, 2.05) is 29.2 Å². The number of nitrogens with zero attached hydrogens (tertiary/aromatic N) is 7. The summed E-state index contributed by atoms with van der Waals surface area (Å²) < 4.78 is 1.57. The zero-order chi connectivity index (χ0) is 18.9. The molecule has 1 unspecified atom stereocenters. The van der Waals surface area contributed by atoms with Gasteiger partial charge in [0.15, 0.2) is 11.6 Å². The van der Waals surface area contributed by atoms with Gasteiger partial charge in [0.05, 0.1) is 5.92 Å². The Morgan fingerprint density at radius 3 is 2.71 bits per heavy atom. The van der Waals surface area contributed by atoms with Gasteiger partial charge in [-0.1, -0.05) is 18.2 Å². The lowest BCUT2D eigenvalue weighted by atomic mass is 9.96. The first-order chi connectivity index (χ1) is 13.8. The molecule has 1 aromatic carbocycles. The molecule has 2 aliphatic rings. The van der Waals surface area contributed by atoms with Crippen LogP contribution in [0.25, 0.3) is 5.82 Å². The summed E-state index contributed by atoms with van der Waals surface area (Å²) in [6.45, 7) is 2.34. The lowest BCUT2D eigenvalue weighted by Crippen LogP contribution is -2.45. The molecule has 0 aliphatic carbocycles. The minimum absolute atomic E-state index is 0.0169. The topological polar surface area (TPSA) is 80.0 Å². The molecule has 0 N–H and O–H groups in total. The van der Waals surface area contributed by atoms with Crippen LogP contribution in [0.2, 0.25) is 0 Å². The second-order valence-corrected chi connectivity index (χ2v) is 7.24. The van der Waals surface area contributed by atoms with Crippen LogP contribution in [0, 0.1) is 5.92 Å². The summed E-state index contributed by atoms with van der Waals surface area (Å²) in [5, 5.41) is 12.7. The molecule has 0 bridgehead atoms. The van der Waals surface area contributed by atoms with E-state index >= 15 is 0 Å². The molecule has 1 saturated heterocycles. The van der Waals surface area contributed by atoms with E-state index in [9.17, 15) is 4.79 Å². The number of para-hydroxylation sites is 1. The molecule has 5 rings (SSSR count). The van der Waals surface area contributed by atoms with Gasteiger partial charge in [0, 0.05) is 25.3 Å². The molecule has 0 radical (unpaired) electrons. The minimum atomic E-state index is -0.0169. The highest BCUT2D eigenvalue weighted by atomic mass is 16.2. The highest BCUT2D eigenvalue weighted by Crippen LogP contribution is 2.31. The Morgan fingerprint density at radius 1 is 1.04 bits per heavy atom. The number of fused-ring (bicyclic) bond motifs is 1. The van der Waals surface area contributed by atoms with Crippen LogP contribution in [0.5, 0.6) is 0 Å². The van der Waals surface area contributed by atoms with E-state index in [1.165, 1.54) is 11.9 Å². The van der Waals surface area contributed by atoms with E-state index in [-0.39, 0.29) is 11.8 Å².